The number of hydrogen-bond acceptors (Lipinski definition) is 4. The lowest BCUT2D eigenvalue weighted by Crippen LogP contribution is -2.02. The van der Waals surface area contributed by atoms with Gasteiger partial charge in [0.2, 0.25) is 11.8 Å². The van der Waals surface area contributed by atoms with E-state index in [-0.39, 0.29) is 5.95 Å². The first-order valence-electron chi connectivity index (χ1n) is 4.06. The molecule has 0 atom stereocenters. The molecule has 0 unspecified atom stereocenters. The molecular weight excluding hydrogens is 154 g/mol. The smallest absolute Gasteiger partial charge is 0.223 e. The number of nitrogens with zero attached hydrogens (tertiary/aromatic N) is 2. The molecule has 1 heterocycles. The standard InChI is InChI=1S/C8H11N3O/c9-8-10-4-3-7(11-8)12-5-6-1-2-6/h3-4,6H,1-2,5H2,(H2,9,10,11). The van der Waals surface area contributed by atoms with Crippen LogP contribution in [0.25, 0.3) is 0 Å². The largest absolute Gasteiger partial charge is 0.477 e. The molecule has 2 N–H and O–H groups in total. The van der Waals surface area contributed by atoms with Gasteiger partial charge in [0.25, 0.3) is 0 Å². The van der Waals surface area contributed by atoms with Crippen LogP contribution in [0.4, 0.5) is 5.95 Å². The number of nitrogen functional groups attached to an aromatic ring is 1. The minimum atomic E-state index is 0.267. The first kappa shape index (κ1) is 7.34. The molecule has 12 heavy (non-hydrogen) atoms. The van der Waals surface area contributed by atoms with Crippen molar-refractivity contribution in [2.75, 3.05) is 12.3 Å². The maximum Gasteiger partial charge on any atom is 0.223 e. The second-order valence-corrected chi connectivity index (χ2v) is 3.01. The Morgan fingerprint density at radius 2 is 2.42 bits per heavy atom. The molecule has 1 aliphatic carbocycles. The predicted molar refractivity (Wildman–Crippen MR) is 44.7 cm³/mol. The van der Waals surface area contributed by atoms with Gasteiger partial charge in [-0.15, -0.1) is 0 Å². The monoisotopic (exact) mass is 165 g/mol. The highest BCUT2D eigenvalue weighted by molar-refractivity contribution is 5.20. The van der Waals surface area contributed by atoms with Gasteiger partial charge in [-0.2, -0.15) is 4.98 Å². The van der Waals surface area contributed by atoms with E-state index in [1.165, 1.54) is 12.8 Å². The molecule has 2 rings (SSSR count). The summed E-state index contributed by atoms with van der Waals surface area (Å²) >= 11 is 0. The molecule has 4 nitrogen and oxygen atoms in total. The van der Waals surface area contributed by atoms with Gasteiger partial charge in [-0.1, -0.05) is 0 Å². The van der Waals surface area contributed by atoms with E-state index >= 15 is 0 Å². The first-order chi connectivity index (χ1) is 5.84. The van der Waals surface area contributed by atoms with E-state index in [4.69, 9.17) is 10.5 Å². The van der Waals surface area contributed by atoms with E-state index in [0.29, 0.717) is 5.88 Å². The van der Waals surface area contributed by atoms with Gasteiger partial charge < -0.3 is 10.5 Å². The van der Waals surface area contributed by atoms with Crippen molar-refractivity contribution in [3.63, 3.8) is 0 Å². The number of nitrogens with two attached hydrogens (primary N) is 1. The Labute approximate surface area is 70.8 Å². The van der Waals surface area contributed by atoms with Crippen molar-refractivity contribution in [2.24, 2.45) is 5.92 Å². The lowest BCUT2D eigenvalue weighted by Gasteiger charge is -2.02. The molecule has 1 aromatic rings. The summed E-state index contributed by atoms with van der Waals surface area (Å²) in [6.07, 6.45) is 4.16. The normalized spacial score (nSPS) is 16.0. The van der Waals surface area contributed by atoms with Gasteiger partial charge in [-0.3, -0.25) is 0 Å². The summed E-state index contributed by atoms with van der Waals surface area (Å²) in [4.78, 5) is 7.69. The molecule has 0 aliphatic heterocycles. The van der Waals surface area contributed by atoms with E-state index in [1.807, 2.05) is 0 Å². The Morgan fingerprint density at radius 3 is 3.08 bits per heavy atom. The van der Waals surface area contributed by atoms with Gasteiger partial charge in [0.1, 0.15) is 0 Å². The minimum absolute atomic E-state index is 0.267. The van der Waals surface area contributed by atoms with Crippen molar-refractivity contribution in [3.05, 3.63) is 12.3 Å². The van der Waals surface area contributed by atoms with E-state index in [9.17, 15) is 0 Å². The van der Waals surface area contributed by atoms with Gasteiger partial charge in [-0.25, -0.2) is 4.98 Å². The Hall–Kier alpha value is -1.32. The molecule has 0 radical (unpaired) electrons. The van der Waals surface area contributed by atoms with Crippen molar-refractivity contribution in [3.8, 4) is 5.88 Å². The summed E-state index contributed by atoms with van der Waals surface area (Å²) < 4.78 is 5.38. The Morgan fingerprint density at radius 1 is 1.58 bits per heavy atom. The molecular formula is C8H11N3O. The molecule has 64 valence electrons. The lowest BCUT2D eigenvalue weighted by molar-refractivity contribution is 0.288. The van der Waals surface area contributed by atoms with Crippen molar-refractivity contribution in [2.45, 2.75) is 12.8 Å². The predicted octanol–water partition coefficient (Wildman–Crippen LogP) is 0.848. The van der Waals surface area contributed by atoms with Crippen LogP contribution in [0.3, 0.4) is 0 Å². The summed E-state index contributed by atoms with van der Waals surface area (Å²) in [6, 6.07) is 1.72. The first-order valence-corrected chi connectivity index (χ1v) is 4.06. The van der Waals surface area contributed by atoms with Crippen LogP contribution in [-0.2, 0) is 0 Å². The number of anilines is 1. The van der Waals surface area contributed by atoms with Crippen LogP contribution < -0.4 is 10.5 Å². The second-order valence-electron chi connectivity index (χ2n) is 3.01. The van der Waals surface area contributed by atoms with Gasteiger partial charge in [0, 0.05) is 12.3 Å². The van der Waals surface area contributed by atoms with E-state index in [2.05, 4.69) is 9.97 Å². The zero-order valence-electron chi connectivity index (χ0n) is 6.73. The van der Waals surface area contributed by atoms with E-state index < -0.39 is 0 Å². The summed E-state index contributed by atoms with van der Waals surface area (Å²) in [6.45, 7) is 0.760. The van der Waals surface area contributed by atoms with E-state index in [1.54, 1.807) is 12.3 Å². The molecule has 0 bridgehead atoms. The van der Waals surface area contributed by atoms with Crippen LogP contribution >= 0.6 is 0 Å². The van der Waals surface area contributed by atoms with Gasteiger partial charge in [0.15, 0.2) is 0 Å². The quantitative estimate of drug-likeness (QED) is 0.721. The summed E-state index contributed by atoms with van der Waals surface area (Å²) in [5, 5.41) is 0. The summed E-state index contributed by atoms with van der Waals surface area (Å²) in [5.41, 5.74) is 5.38. The Balaban J connectivity index is 1.92. The fourth-order valence-electron chi connectivity index (χ4n) is 0.925. The molecule has 1 saturated carbocycles. The molecule has 1 aliphatic rings. The molecule has 0 saturated heterocycles. The van der Waals surface area contributed by atoms with Crippen molar-refractivity contribution >= 4 is 5.95 Å². The molecule has 1 fully saturated rings. The molecule has 1 aromatic heterocycles. The van der Waals surface area contributed by atoms with Gasteiger partial charge >= 0.3 is 0 Å². The molecule has 0 amide bonds. The zero-order valence-corrected chi connectivity index (χ0v) is 6.73. The van der Waals surface area contributed by atoms with Crippen LogP contribution in [0.5, 0.6) is 5.88 Å². The van der Waals surface area contributed by atoms with Gasteiger partial charge in [0.05, 0.1) is 6.61 Å². The molecule has 4 heteroatoms. The van der Waals surface area contributed by atoms with Crippen LogP contribution in [0.15, 0.2) is 12.3 Å². The average Bonchev–Trinajstić information content (AvgIpc) is 2.84. The highest BCUT2D eigenvalue weighted by atomic mass is 16.5. The van der Waals surface area contributed by atoms with Crippen LogP contribution in [0.2, 0.25) is 0 Å². The van der Waals surface area contributed by atoms with Crippen molar-refractivity contribution < 1.29 is 4.74 Å². The maximum atomic E-state index is 5.38. The fourth-order valence-corrected chi connectivity index (χ4v) is 0.925. The minimum Gasteiger partial charge on any atom is -0.477 e. The Kier molecular flexibility index (Phi) is 1.81. The zero-order chi connectivity index (χ0) is 8.39. The SMILES string of the molecule is Nc1nccc(OCC2CC2)n1. The third-order valence-corrected chi connectivity index (χ3v) is 1.81. The fraction of sp³-hybridized carbons (Fsp3) is 0.500. The number of hydrogen-bond donors (Lipinski definition) is 1. The van der Waals surface area contributed by atoms with Gasteiger partial charge in [-0.05, 0) is 18.8 Å². The Bertz CT molecular complexity index is 273. The van der Waals surface area contributed by atoms with Crippen LogP contribution in [-0.4, -0.2) is 16.6 Å². The molecule has 0 spiro atoms. The third-order valence-electron chi connectivity index (χ3n) is 1.81. The summed E-state index contributed by atoms with van der Waals surface area (Å²) in [5.74, 6) is 1.58. The van der Waals surface area contributed by atoms with E-state index in [0.717, 1.165) is 12.5 Å². The maximum absolute atomic E-state index is 5.38. The summed E-state index contributed by atoms with van der Waals surface area (Å²) in [7, 11) is 0. The highest BCUT2D eigenvalue weighted by Gasteiger charge is 2.22. The topological polar surface area (TPSA) is 61.0 Å². The second kappa shape index (κ2) is 2.97. The molecule has 0 aromatic carbocycles. The average molecular weight is 165 g/mol. The lowest BCUT2D eigenvalue weighted by atomic mass is 10.5. The number of rotatable bonds is 3. The van der Waals surface area contributed by atoms with Crippen molar-refractivity contribution in [1.29, 1.82) is 0 Å². The number of aromatic nitrogens is 2. The number of ether oxygens (including phenoxy) is 1. The van der Waals surface area contributed by atoms with Crippen LogP contribution in [0, 0.1) is 5.92 Å². The van der Waals surface area contributed by atoms with Crippen LogP contribution in [0.1, 0.15) is 12.8 Å². The van der Waals surface area contributed by atoms with Crippen molar-refractivity contribution in [1.82, 2.24) is 9.97 Å². The highest BCUT2D eigenvalue weighted by Crippen LogP contribution is 2.29. The third kappa shape index (κ3) is 1.84.